The van der Waals surface area contributed by atoms with Gasteiger partial charge in [0, 0.05) is 13.5 Å². The number of H-pyrrole nitrogens is 1. The molecule has 0 saturated heterocycles. The Morgan fingerprint density at radius 3 is 3.00 bits per heavy atom. The number of nitrogen functional groups attached to an aromatic ring is 1. The van der Waals surface area contributed by atoms with Crippen molar-refractivity contribution < 1.29 is 14.3 Å². The van der Waals surface area contributed by atoms with Crippen LogP contribution >= 0.6 is 0 Å². The molecule has 0 bridgehead atoms. The third-order valence-electron chi connectivity index (χ3n) is 2.68. The Morgan fingerprint density at radius 2 is 2.33 bits per heavy atom. The Balaban J connectivity index is 2.09. The molecule has 5 N–H and O–H groups in total. The normalized spacial score (nSPS) is 12.5. The zero-order chi connectivity index (χ0) is 15.4. The van der Waals surface area contributed by atoms with Gasteiger partial charge in [0.15, 0.2) is 11.2 Å². The monoisotopic (exact) mass is 296 g/mol. The summed E-state index contributed by atoms with van der Waals surface area (Å²) in [7, 11) is 0. The summed E-state index contributed by atoms with van der Waals surface area (Å²) in [5, 5.41) is 0. The van der Waals surface area contributed by atoms with Crippen molar-refractivity contribution >= 4 is 23.1 Å². The lowest BCUT2D eigenvalue weighted by molar-refractivity contribution is -0.146. The second-order valence-electron chi connectivity index (χ2n) is 4.29. The van der Waals surface area contributed by atoms with E-state index in [1.54, 1.807) is 0 Å². The van der Waals surface area contributed by atoms with Crippen molar-refractivity contribution in [1.82, 2.24) is 19.5 Å². The lowest BCUT2D eigenvalue weighted by Crippen LogP contribution is -2.30. The zero-order valence-corrected chi connectivity index (χ0v) is 11.4. The number of nitrogens with zero attached hydrogens (tertiary/aromatic N) is 3. The number of hydrogen-bond acceptors (Lipinski definition) is 8. The highest BCUT2D eigenvalue weighted by molar-refractivity contribution is 5.70. The molecular formula is C11H16N6O4. The van der Waals surface area contributed by atoms with E-state index in [1.807, 2.05) is 0 Å². The van der Waals surface area contributed by atoms with Gasteiger partial charge < -0.3 is 20.9 Å². The van der Waals surface area contributed by atoms with Gasteiger partial charge in [-0.25, -0.2) is 4.98 Å². The molecule has 10 heteroatoms. The molecule has 2 aromatic heterocycles. The smallest absolute Gasteiger partial charge is 0.302 e. The van der Waals surface area contributed by atoms with E-state index in [0.717, 1.165) is 0 Å². The maximum atomic E-state index is 11.6. The third-order valence-corrected chi connectivity index (χ3v) is 2.68. The Bertz CT molecular complexity index is 694. The highest BCUT2D eigenvalue weighted by atomic mass is 16.6. The summed E-state index contributed by atoms with van der Waals surface area (Å²) < 4.78 is 11.8. The van der Waals surface area contributed by atoms with Gasteiger partial charge in [-0.3, -0.25) is 19.1 Å². The van der Waals surface area contributed by atoms with E-state index in [9.17, 15) is 9.59 Å². The molecule has 1 unspecified atom stereocenters. The van der Waals surface area contributed by atoms with Gasteiger partial charge in [-0.05, 0) is 0 Å². The summed E-state index contributed by atoms with van der Waals surface area (Å²) in [6, 6.07) is 0. The number of esters is 1. The highest BCUT2D eigenvalue weighted by Gasteiger charge is 2.12. The van der Waals surface area contributed by atoms with Gasteiger partial charge in [0.1, 0.15) is 19.4 Å². The summed E-state index contributed by atoms with van der Waals surface area (Å²) in [5.74, 6) is -0.421. The van der Waals surface area contributed by atoms with Crippen molar-refractivity contribution in [1.29, 1.82) is 0 Å². The van der Waals surface area contributed by atoms with Gasteiger partial charge >= 0.3 is 5.97 Å². The lowest BCUT2D eigenvalue weighted by Gasteiger charge is -2.16. The highest BCUT2D eigenvalue weighted by Crippen LogP contribution is 2.07. The predicted octanol–water partition coefficient (Wildman–Crippen LogP) is -1.43. The molecule has 114 valence electrons. The van der Waals surface area contributed by atoms with Crippen LogP contribution in [0.3, 0.4) is 0 Å². The fourth-order valence-electron chi connectivity index (χ4n) is 1.65. The number of anilines is 1. The van der Waals surface area contributed by atoms with Crippen LogP contribution in [0.15, 0.2) is 11.1 Å². The SMILES string of the molecule is CC(=O)OCC(CN)OCn1cnc2c(=O)[nH]c(N)nc21. The van der Waals surface area contributed by atoms with Crippen molar-refractivity contribution in [3.05, 3.63) is 16.7 Å². The lowest BCUT2D eigenvalue weighted by atomic mass is 10.4. The van der Waals surface area contributed by atoms with Crippen LogP contribution in [-0.2, 0) is 21.0 Å². The van der Waals surface area contributed by atoms with Gasteiger partial charge in [0.05, 0.1) is 6.33 Å². The second-order valence-corrected chi connectivity index (χ2v) is 4.29. The maximum absolute atomic E-state index is 11.6. The molecule has 0 aliphatic carbocycles. The van der Waals surface area contributed by atoms with E-state index < -0.39 is 17.6 Å². The summed E-state index contributed by atoms with van der Waals surface area (Å²) >= 11 is 0. The van der Waals surface area contributed by atoms with Crippen LogP contribution in [0.25, 0.3) is 11.2 Å². The molecular weight excluding hydrogens is 280 g/mol. The molecule has 0 radical (unpaired) electrons. The summed E-state index contributed by atoms with van der Waals surface area (Å²) in [6.45, 7) is 1.58. The van der Waals surface area contributed by atoms with E-state index in [2.05, 4.69) is 15.0 Å². The van der Waals surface area contributed by atoms with E-state index in [1.165, 1.54) is 17.8 Å². The second kappa shape index (κ2) is 6.33. The quantitative estimate of drug-likeness (QED) is 0.548. The van der Waals surface area contributed by atoms with Crippen LogP contribution < -0.4 is 17.0 Å². The predicted molar refractivity (Wildman–Crippen MR) is 73.1 cm³/mol. The van der Waals surface area contributed by atoms with Crippen molar-refractivity contribution in [2.24, 2.45) is 5.73 Å². The molecule has 0 aliphatic rings. The Hall–Kier alpha value is -2.46. The molecule has 2 heterocycles. The van der Waals surface area contributed by atoms with Gasteiger partial charge in [-0.2, -0.15) is 4.98 Å². The van der Waals surface area contributed by atoms with Gasteiger partial charge in [-0.1, -0.05) is 0 Å². The minimum atomic E-state index is -0.467. The molecule has 0 aromatic carbocycles. The summed E-state index contributed by atoms with van der Waals surface area (Å²) in [5.41, 5.74) is 11.1. The number of nitrogens with two attached hydrogens (primary N) is 2. The van der Waals surface area contributed by atoms with Crippen LogP contribution in [0, 0.1) is 0 Å². The average Bonchev–Trinajstić information content (AvgIpc) is 2.82. The van der Waals surface area contributed by atoms with Gasteiger partial charge in [-0.15, -0.1) is 0 Å². The number of fused-ring (bicyclic) bond motifs is 1. The summed E-state index contributed by atoms with van der Waals surface area (Å²) in [4.78, 5) is 32.7. The van der Waals surface area contributed by atoms with Crippen LogP contribution in [0.1, 0.15) is 6.92 Å². The van der Waals surface area contributed by atoms with E-state index in [4.69, 9.17) is 20.9 Å². The molecule has 2 aromatic rings. The Morgan fingerprint density at radius 1 is 1.57 bits per heavy atom. The number of carbonyl (C=O) groups is 1. The summed E-state index contributed by atoms with van der Waals surface area (Å²) in [6.07, 6.45) is 0.942. The first-order valence-corrected chi connectivity index (χ1v) is 6.17. The van der Waals surface area contributed by atoms with Gasteiger partial charge in [0.25, 0.3) is 5.56 Å². The molecule has 0 amide bonds. The fraction of sp³-hybridized carbons (Fsp3) is 0.455. The van der Waals surface area contributed by atoms with Crippen molar-refractivity contribution in [2.75, 3.05) is 18.9 Å². The molecule has 0 spiro atoms. The van der Waals surface area contributed by atoms with Crippen molar-refractivity contribution in [3.63, 3.8) is 0 Å². The van der Waals surface area contributed by atoms with Crippen molar-refractivity contribution in [2.45, 2.75) is 19.8 Å². The number of ether oxygens (including phenoxy) is 2. The molecule has 1 atom stereocenters. The molecule has 0 fully saturated rings. The number of aromatic amines is 1. The molecule has 0 saturated carbocycles. The number of rotatable bonds is 6. The topological polar surface area (TPSA) is 151 Å². The van der Waals surface area contributed by atoms with Crippen LogP contribution in [0.2, 0.25) is 0 Å². The fourth-order valence-corrected chi connectivity index (χ4v) is 1.65. The van der Waals surface area contributed by atoms with Crippen LogP contribution in [0.4, 0.5) is 5.95 Å². The van der Waals surface area contributed by atoms with E-state index >= 15 is 0 Å². The first-order valence-electron chi connectivity index (χ1n) is 6.17. The number of hydrogen-bond donors (Lipinski definition) is 3. The number of imidazole rings is 1. The maximum Gasteiger partial charge on any atom is 0.302 e. The average molecular weight is 296 g/mol. The van der Waals surface area contributed by atoms with Crippen LogP contribution in [0.5, 0.6) is 0 Å². The first kappa shape index (κ1) is 14.9. The number of aromatic nitrogens is 4. The molecule has 10 nitrogen and oxygen atoms in total. The van der Waals surface area contributed by atoms with E-state index in [-0.39, 0.29) is 31.3 Å². The zero-order valence-electron chi connectivity index (χ0n) is 11.4. The minimum Gasteiger partial charge on any atom is -0.463 e. The van der Waals surface area contributed by atoms with Gasteiger partial charge in [0.2, 0.25) is 5.95 Å². The molecule has 21 heavy (non-hydrogen) atoms. The van der Waals surface area contributed by atoms with Crippen molar-refractivity contribution in [3.8, 4) is 0 Å². The van der Waals surface area contributed by atoms with Crippen LogP contribution in [-0.4, -0.2) is 44.7 Å². The first-order chi connectivity index (χ1) is 10.0. The van der Waals surface area contributed by atoms with E-state index in [0.29, 0.717) is 5.65 Å². The standard InChI is InChI=1S/C11H16N6O4/c1-6(18)20-3-7(2-12)21-5-17-4-14-8-9(17)15-11(13)16-10(8)19/h4,7H,2-3,5,12H2,1H3,(H3,13,15,16,19). The minimum absolute atomic E-state index is 0.00969. The third kappa shape index (κ3) is 3.55. The molecule has 0 aliphatic heterocycles. The largest absolute Gasteiger partial charge is 0.463 e. The Kier molecular flexibility index (Phi) is 4.50. The number of nitrogens with one attached hydrogen (secondary N) is 1. The molecule has 2 rings (SSSR count). The number of carbonyl (C=O) groups excluding carboxylic acids is 1. The Labute approximate surface area is 119 Å².